The third kappa shape index (κ3) is 5.68. The summed E-state index contributed by atoms with van der Waals surface area (Å²) >= 11 is 0. The molecule has 2 N–H and O–H groups in total. The van der Waals surface area contributed by atoms with Gasteiger partial charge in [0.2, 0.25) is 5.91 Å². The molecule has 7 nitrogen and oxygen atoms in total. The number of nitrogens with zero attached hydrogens (tertiary/aromatic N) is 2. The summed E-state index contributed by atoms with van der Waals surface area (Å²) in [5, 5.41) is 18.8. The Kier molecular flexibility index (Phi) is 7.59. The molecule has 2 atom stereocenters. The van der Waals surface area contributed by atoms with Crippen LogP contribution in [-0.4, -0.2) is 21.2 Å². The van der Waals surface area contributed by atoms with E-state index >= 15 is 0 Å². The molecule has 2 unspecified atom stereocenters. The van der Waals surface area contributed by atoms with Crippen molar-refractivity contribution < 1.29 is 18.8 Å². The molecule has 3 heterocycles. The molecular formula is C29H35N3O4. The molecule has 0 aliphatic carbocycles. The highest BCUT2D eigenvalue weighted by Gasteiger charge is 2.23. The van der Waals surface area contributed by atoms with Gasteiger partial charge in [0.15, 0.2) is 0 Å². The van der Waals surface area contributed by atoms with Gasteiger partial charge in [-0.05, 0) is 81.8 Å². The van der Waals surface area contributed by atoms with Gasteiger partial charge in [0, 0.05) is 16.8 Å². The number of furan rings is 1. The van der Waals surface area contributed by atoms with Crippen LogP contribution >= 0.6 is 0 Å². The highest BCUT2D eigenvalue weighted by Crippen LogP contribution is 2.32. The molecule has 1 aromatic carbocycles. The number of fused-ring (bicyclic) bond motifs is 1. The normalized spacial score (nSPS) is 13.3. The Hall–Kier alpha value is -3.45. The van der Waals surface area contributed by atoms with Gasteiger partial charge in [0.05, 0.1) is 23.7 Å². The molecule has 3 aromatic heterocycles. The van der Waals surface area contributed by atoms with E-state index in [1.165, 1.54) is 0 Å². The monoisotopic (exact) mass is 489 g/mol. The number of aromatic nitrogens is 2. The maximum Gasteiger partial charge on any atom is 0.224 e. The lowest BCUT2D eigenvalue weighted by Crippen LogP contribution is -2.30. The summed E-state index contributed by atoms with van der Waals surface area (Å²) in [6.45, 7) is 11.9. The van der Waals surface area contributed by atoms with Gasteiger partial charge in [0.1, 0.15) is 23.2 Å². The first-order chi connectivity index (χ1) is 17.1. The number of benzene rings is 1. The molecule has 1 amide bonds. The Morgan fingerprint density at radius 2 is 1.81 bits per heavy atom. The third-order valence-corrected chi connectivity index (χ3v) is 6.61. The third-order valence-electron chi connectivity index (χ3n) is 6.61. The molecular weight excluding hydrogens is 454 g/mol. The van der Waals surface area contributed by atoms with E-state index in [0.29, 0.717) is 34.3 Å². The molecule has 0 aliphatic rings. The fourth-order valence-electron chi connectivity index (χ4n) is 4.68. The summed E-state index contributed by atoms with van der Waals surface area (Å²) in [6.07, 6.45) is 1.15. The van der Waals surface area contributed by atoms with E-state index in [1.807, 2.05) is 38.1 Å². The van der Waals surface area contributed by atoms with Crippen LogP contribution in [0.4, 0.5) is 0 Å². The van der Waals surface area contributed by atoms with Crippen LogP contribution in [0.5, 0.6) is 0 Å². The van der Waals surface area contributed by atoms with Gasteiger partial charge in [-0.3, -0.25) is 9.78 Å². The van der Waals surface area contributed by atoms with Crippen LogP contribution in [0.25, 0.3) is 11.0 Å². The smallest absolute Gasteiger partial charge is 0.224 e. The minimum atomic E-state index is -0.969. The van der Waals surface area contributed by atoms with Crippen LogP contribution in [0.2, 0.25) is 0 Å². The molecule has 0 saturated carbocycles. The van der Waals surface area contributed by atoms with Crippen molar-refractivity contribution in [1.82, 2.24) is 15.5 Å². The average molecular weight is 490 g/mol. The van der Waals surface area contributed by atoms with Gasteiger partial charge in [-0.15, -0.1) is 0 Å². The Balaban J connectivity index is 1.51. The van der Waals surface area contributed by atoms with E-state index in [0.717, 1.165) is 40.7 Å². The number of amides is 1. The van der Waals surface area contributed by atoms with Gasteiger partial charge in [-0.25, -0.2) is 0 Å². The minimum absolute atomic E-state index is 0.0393. The summed E-state index contributed by atoms with van der Waals surface area (Å²) in [6, 6.07) is 11.5. The molecule has 0 bridgehead atoms. The molecule has 0 spiro atoms. The predicted octanol–water partition coefficient (Wildman–Crippen LogP) is 5.97. The van der Waals surface area contributed by atoms with E-state index in [1.54, 1.807) is 19.9 Å². The molecule has 0 fully saturated rings. The Morgan fingerprint density at radius 1 is 1.03 bits per heavy atom. The van der Waals surface area contributed by atoms with E-state index < -0.39 is 6.10 Å². The standard InChI is InChI=1S/C29H35N3O4/c1-16(2)7-11-24(23-10-8-17(3)30-18(23)4)31-27(33)14-21-9-12-25-22(13-21)15-26(35-25)29(34)28-19(5)32-36-20(28)6/h8-10,12-13,15-16,24,29,34H,7,11,14H2,1-6H3,(H,31,33). The van der Waals surface area contributed by atoms with Crippen molar-refractivity contribution in [1.29, 1.82) is 0 Å². The van der Waals surface area contributed by atoms with Crippen LogP contribution in [-0.2, 0) is 11.2 Å². The molecule has 7 heteroatoms. The van der Waals surface area contributed by atoms with Crippen molar-refractivity contribution in [3.8, 4) is 0 Å². The number of aryl methyl sites for hydroxylation is 4. The van der Waals surface area contributed by atoms with Crippen LogP contribution in [0.15, 0.2) is 45.3 Å². The molecule has 0 saturated heterocycles. The minimum Gasteiger partial charge on any atom is -0.458 e. The van der Waals surface area contributed by atoms with Gasteiger partial charge in [-0.2, -0.15) is 0 Å². The zero-order valence-electron chi connectivity index (χ0n) is 21.9. The van der Waals surface area contributed by atoms with Gasteiger partial charge < -0.3 is 19.4 Å². The Labute approximate surface area is 211 Å². The lowest BCUT2D eigenvalue weighted by Gasteiger charge is -2.22. The number of carbonyl (C=O) groups is 1. The summed E-state index contributed by atoms with van der Waals surface area (Å²) in [5.41, 5.74) is 5.76. The van der Waals surface area contributed by atoms with E-state index in [4.69, 9.17) is 8.94 Å². The number of nitrogens with one attached hydrogen (secondary N) is 1. The van der Waals surface area contributed by atoms with E-state index in [-0.39, 0.29) is 18.4 Å². The molecule has 4 rings (SSSR count). The van der Waals surface area contributed by atoms with Crippen molar-refractivity contribution in [2.24, 2.45) is 5.92 Å². The predicted molar refractivity (Wildman–Crippen MR) is 139 cm³/mol. The van der Waals surface area contributed by atoms with Gasteiger partial charge >= 0.3 is 0 Å². The molecule has 0 radical (unpaired) electrons. The van der Waals surface area contributed by atoms with Crippen molar-refractivity contribution in [3.63, 3.8) is 0 Å². The fraction of sp³-hybridized carbons (Fsp3) is 0.414. The second kappa shape index (κ2) is 10.7. The lowest BCUT2D eigenvalue weighted by atomic mass is 9.96. The fourth-order valence-corrected chi connectivity index (χ4v) is 4.68. The van der Waals surface area contributed by atoms with E-state index in [9.17, 15) is 9.90 Å². The van der Waals surface area contributed by atoms with Crippen LogP contribution < -0.4 is 5.32 Å². The maximum atomic E-state index is 13.1. The van der Waals surface area contributed by atoms with Crippen molar-refractivity contribution in [2.75, 3.05) is 0 Å². The van der Waals surface area contributed by atoms with Crippen LogP contribution in [0.1, 0.15) is 84.1 Å². The summed E-state index contributed by atoms with van der Waals surface area (Å²) < 4.78 is 11.1. The largest absolute Gasteiger partial charge is 0.458 e. The number of carbonyl (C=O) groups excluding carboxylic acids is 1. The lowest BCUT2D eigenvalue weighted by molar-refractivity contribution is -0.121. The van der Waals surface area contributed by atoms with Gasteiger partial charge in [0.25, 0.3) is 0 Å². The second-order valence-electron chi connectivity index (χ2n) is 10.1. The molecule has 0 aliphatic heterocycles. The first-order valence-corrected chi connectivity index (χ1v) is 12.5. The number of rotatable bonds is 9. The Morgan fingerprint density at radius 3 is 2.47 bits per heavy atom. The first-order valence-electron chi connectivity index (χ1n) is 12.5. The SMILES string of the molecule is Cc1ccc(C(CCC(C)C)NC(=O)Cc2ccc3oc(C(O)c4c(C)noc4C)cc3c2)c(C)n1. The number of aliphatic hydroxyl groups is 1. The second-order valence-corrected chi connectivity index (χ2v) is 10.1. The summed E-state index contributed by atoms with van der Waals surface area (Å²) in [4.78, 5) is 17.7. The van der Waals surface area contributed by atoms with Crippen molar-refractivity contribution in [2.45, 2.75) is 73.0 Å². The average Bonchev–Trinajstić information content (AvgIpc) is 3.38. The van der Waals surface area contributed by atoms with Crippen LogP contribution in [0.3, 0.4) is 0 Å². The molecule has 190 valence electrons. The highest BCUT2D eigenvalue weighted by molar-refractivity contribution is 5.83. The zero-order chi connectivity index (χ0) is 26.0. The number of pyridine rings is 1. The maximum absolute atomic E-state index is 13.1. The summed E-state index contributed by atoms with van der Waals surface area (Å²) in [7, 11) is 0. The molecule has 4 aromatic rings. The quantitative estimate of drug-likeness (QED) is 0.300. The van der Waals surface area contributed by atoms with Gasteiger partial charge in [-0.1, -0.05) is 31.1 Å². The topological polar surface area (TPSA) is 101 Å². The highest BCUT2D eigenvalue weighted by atomic mass is 16.5. The first kappa shape index (κ1) is 25.6. The van der Waals surface area contributed by atoms with Crippen LogP contribution in [0, 0.1) is 33.6 Å². The number of hydrogen-bond donors (Lipinski definition) is 2. The molecule has 36 heavy (non-hydrogen) atoms. The Bertz CT molecular complexity index is 1350. The summed E-state index contributed by atoms with van der Waals surface area (Å²) in [5.74, 6) is 1.48. The number of hydrogen-bond acceptors (Lipinski definition) is 6. The zero-order valence-corrected chi connectivity index (χ0v) is 21.9. The van der Waals surface area contributed by atoms with Crippen molar-refractivity contribution >= 4 is 16.9 Å². The van der Waals surface area contributed by atoms with E-state index in [2.05, 4.69) is 35.4 Å². The van der Waals surface area contributed by atoms with Crippen molar-refractivity contribution in [3.05, 3.63) is 81.7 Å². The number of aliphatic hydroxyl groups excluding tert-OH is 1.